The number of nitrogens with one attached hydrogen (secondary N) is 1. The summed E-state index contributed by atoms with van der Waals surface area (Å²) in [6.45, 7) is 5.23. The maximum atomic E-state index is 6.00. The third-order valence-electron chi connectivity index (χ3n) is 3.73. The highest BCUT2D eigenvalue weighted by Crippen LogP contribution is 2.29. The van der Waals surface area contributed by atoms with E-state index in [4.69, 9.17) is 4.74 Å². The molecule has 1 heterocycles. The lowest BCUT2D eigenvalue weighted by Crippen LogP contribution is -2.15. The Morgan fingerprint density at radius 1 is 1.24 bits per heavy atom. The van der Waals surface area contributed by atoms with E-state index in [1.807, 2.05) is 36.5 Å². The topological polar surface area (TPSA) is 34.1 Å². The largest absolute Gasteiger partial charge is 0.439 e. The molecule has 0 spiro atoms. The molecular formula is C18H22N2O. The first kappa shape index (κ1) is 14.1. The summed E-state index contributed by atoms with van der Waals surface area (Å²) in [5.74, 6) is 1.99. The van der Waals surface area contributed by atoms with Crippen molar-refractivity contribution < 1.29 is 4.74 Å². The number of pyridine rings is 1. The summed E-state index contributed by atoms with van der Waals surface area (Å²) in [4.78, 5) is 4.33. The molecule has 0 radical (unpaired) electrons. The molecule has 1 aromatic carbocycles. The van der Waals surface area contributed by atoms with Crippen molar-refractivity contribution in [1.82, 2.24) is 10.3 Å². The van der Waals surface area contributed by atoms with Crippen LogP contribution >= 0.6 is 0 Å². The molecule has 1 aromatic heterocycles. The Bertz CT molecular complexity index is 606. The van der Waals surface area contributed by atoms with Crippen molar-refractivity contribution in [2.45, 2.75) is 45.2 Å². The van der Waals surface area contributed by atoms with Crippen LogP contribution < -0.4 is 10.1 Å². The molecule has 21 heavy (non-hydrogen) atoms. The molecule has 110 valence electrons. The smallest absolute Gasteiger partial charge is 0.219 e. The molecule has 3 nitrogen and oxygen atoms in total. The fourth-order valence-corrected chi connectivity index (χ4v) is 2.33. The molecule has 0 aliphatic heterocycles. The van der Waals surface area contributed by atoms with E-state index < -0.39 is 0 Å². The van der Waals surface area contributed by atoms with Crippen molar-refractivity contribution >= 4 is 0 Å². The normalized spacial score (nSPS) is 14.4. The van der Waals surface area contributed by atoms with E-state index in [2.05, 4.69) is 30.2 Å². The minimum absolute atomic E-state index is 0.431. The van der Waals surface area contributed by atoms with Gasteiger partial charge in [-0.2, -0.15) is 0 Å². The second-order valence-corrected chi connectivity index (χ2v) is 5.95. The number of ether oxygens (including phenoxy) is 1. The zero-order chi connectivity index (χ0) is 14.7. The lowest BCUT2D eigenvalue weighted by molar-refractivity contribution is 0.453. The van der Waals surface area contributed by atoms with Crippen molar-refractivity contribution in [3.8, 4) is 11.6 Å². The van der Waals surface area contributed by atoms with Gasteiger partial charge in [0.1, 0.15) is 5.75 Å². The molecule has 1 fully saturated rings. The molecule has 3 rings (SSSR count). The Balaban J connectivity index is 1.73. The molecule has 1 aliphatic rings. The van der Waals surface area contributed by atoms with E-state index in [1.165, 1.54) is 24.0 Å². The van der Waals surface area contributed by atoms with Crippen molar-refractivity contribution in [2.24, 2.45) is 0 Å². The Morgan fingerprint density at radius 2 is 2.05 bits per heavy atom. The molecule has 2 aromatic rings. The van der Waals surface area contributed by atoms with E-state index in [0.717, 1.165) is 12.3 Å². The molecule has 1 N–H and O–H groups in total. The van der Waals surface area contributed by atoms with Gasteiger partial charge in [-0.05, 0) is 42.0 Å². The summed E-state index contributed by atoms with van der Waals surface area (Å²) in [5, 5.41) is 3.51. The number of rotatable bonds is 6. The number of hydrogen-bond acceptors (Lipinski definition) is 3. The SMILES string of the molecule is CC(C)c1ccccc1Oc1cc(CNC2CC2)ccn1. The monoisotopic (exact) mass is 282 g/mol. The van der Waals surface area contributed by atoms with Gasteiger partial charge in [0, 0.05) is 24.8 Å². The van der Waals surface area contributed by atoms with Crippen molar-refractivity contribution in [2.75, 3.05) is 0 Å². The highest BCUT2D eigenvalue weighted by Gasteiger charge is 2.20. The van der Waals surface area contributed by atoms with Crippen molar-refractivity contribution in [1.29, 1.82) is 0 Å². The Morgan fingerprint density at radius 3 is 2.81 bits per heavy atom. The van der Waals surface area contributed by atoms with Gasteiger partial charge >= 0.3 is 0 Å². The van der Waals surface area contributed by atoms with Gasteiger partial charge in [0.15, 0.2) is 0 Å². The van der Waals surface area contributed by atoms with Crippen molar-refractivity contribution in [3.05, 3.63) is 53.7 Å². The molecule has 1 saturated carbocycles. The fourth-order valence-electron chi connectivity index (χ4n) is 2.33. The van der Waals surface area contributed by atoms with Gasteiger partial charge in [-0.3, -0.25) is 0 Å². The van der Waals surface area contributed by atoms with Crippen LogP contribution in [0.2, 0.25) is 0 Å². The van der Waals surface area contributed by atoms with Gasteiger partial charge in [-0.1, -0.05) is 32.0 Å². The Kier molecular flexibility index (Phi) is 4.20. The van der Waals surface area contributed by atoms with Crippen LogP contribution in [-0.4, -0.2) is 11.0 Å². The van der Waals surface area contributed by atoms with Crippen LogP contribution in [0.5, 0.6) is 11.6 Å². The number of hydrogen-bond donors (Lipinski definition) is 1. The highest BCUT2D eigenvalue weighted by molar-refractivity contribution is 5.38. The van der Waals surface area contributed by atoms with Crippen LogP contribution in [-0.2, 0) is 6.54 Å². The average Bonchev–Trinajstić information content (AvgIpc) is 3.30. The molecule has 0 amide bonds. The van der Waals surface area contributed by atoms with Gasteiger partial charge < -0.3 is 10.1 Å². The van der Waals surface area contributed by atoms with Gasteiger partial charge in [0.05, 0.1) is 0 Å². The second-order valence-electron chi connectivity index (χ2n) is 5.95. The van der Waals surface area contributed by atoms with Crippen LogP contribution in [0, 0.1) is 0 Å². The van der Waals surface area contributed by atoms with Crippen LogP contribution in [0.25, 0.3) is 0 Å². The third kappa shape index (κ3) is 3.82. The Hall–Kier alpha value is -1.87. The summed E-state index contributed by atoms with van der Waals surface area (Å²) in [5.41, 5.74) is 2.43. The first-order valence-corrected chi connectivity index (χ1v) is 7.67. The van der Waals surface area contributed by atoms with Gasteiger partial charge in [-0.15, -0.1) is 0 Å². The van der Waals surface area contributed by atoms with E-state index in [1.54, 1.807) is 0 Å². The number of aromatic nitrogens is 1. The molecule has 3 heteroatoms. The van der Waals surface area contributed by atoms with Crippen LogP contribution in [0.15, 0.2) is 42.6 Å². The first-order valence-electron chi connectivity index (χ1n) is 7.67. The zero-order valence-electron chi connectivity index (χ0n) is 12.7. The molecule has 1 aliphatic carbocycles. The molecule has 0 bridgehead atoms. The molecular weight excluding hydrogens is 260 g/mol. The van der Waals surface area contributed by atoms with Crippen LogP contribution in [0.4, 0.5) is 0 Å². The molecule has 0 atom stereocenters. The quantitative estimate of drug-likeness (QED) is 0.860. The maximum Gasteiger partial charge on any atom is 0.219 e. The Labute approximate surface area is 126 Å². The predicted octanol–water partition coefficient (Wildman–Crippen LogP) is 4.25. The van der Waals surface area contributed by atoms with Crippen LogP contribution in [0.1, 0.15) is 43.7 Å². The van der Waals surface area contributed by atoms with E-state index >= 15 is 0 Å². The summed E-state index contributed by atoms with van der Waals surface area (Å²) in [6, 6.07) is 12.9. The summed E-state index contributed by atoms with van der Waals surface area (Å²) >= 11 is 0. The number of nitrogens with zero attached hydrogens (tertiary/aromatic N) is 1. The predicted molar refractivity (Wildman–Crippen MR) is 84.7 cm³/mol. The summed E-state index contributed by atoms with van der Waals surface area (Å²) in [6.07, 6.45) is 4.42. The fraction of sp³-hybridized carbons (Fsp3) is 0.389. The van der Waals surface area contributed by atoms with E-state index in [9.17, 15) is 0 Å². The number of para-hydroxylation sites is 1. The molecule has 0 saturated heterocycles. The van der Waals surface area contributed by atoms with Gasteiger partial charge in [0.2, 0.25) is 5.88 Å². The average molecular weight is 282 g/mol. The lowest BCUT2D eigenvalue weighted by atomic mass is 10.0. The first-order chi connectivity index (χ1) is 10.2. The summed E-state index contributed by atoms with van der Waals surface area (Å²) < 4.78 is 6.00. The van der Waals surface area contributed by atoms with Crippen molar-refractivity contribution in [3.63, 3.8) is 0 Å². The maximum absolute atomic E-state index is 6.00. The zero-order valence-corrected chi connectivity index (χ0v) is 12.7. The van der Waals surface area contributed by atoms with Gasteiger partial charge in [0.25, 0.3) is 0 Å². The second kappa shape index (κ2) is 6.27. The summed E-state index contributed by atoms with van der Waals surface area (Å²) in [7, 11) is 0. The minimum atomic E-state index is 0.431. The number of benzene rings is 1. The van der Waals surface area contributed by atoms with E-state index in [-0.39, 0.29) is 0 Å². The van der Waals surface area contributed by atoms with Crippen LogP contribution in [0.3, 0.4) is 0 Å². The minimum Gasteiger partial charge on any atom is -0.439 e. The highest BCUT2D eigenvalue weighted by atomic mass is 16.5. The molecule has 0 unspecified atom stereocenters. The third-order valence-corrected chi connectivity index (χ3v) is 3.73. The van der Waals surface area contributed by atoms with E-state index in [0.29, 0.717) is 17.8 Å². The standard InChI is InChI=1S/C18H22N2O/c1-13(2)16-5-3-4-6-17(16)21-18-11-14(9-10-19-18)12-20-15-7-8-15/h3-6,9-11,13,15,20H,7-8,12H2,1-2H3. The lowest BCUT2D eigenvalue weighted by Gasteiger charge is -2.13. The van der Waals surface area contributed by atoms with Gasteiger partial charge in [-0.25, -0.2) is 4.98 Å².